The normalized spacial score (nSPS) is 10.8. The van der Waals surface area contributed by atoms with Crippen molar-refractivity contribution in [2.45, 2.75) is 0 Å². The first-order valence-corrected chi connectivity index (χ1v) is 6.52. The smallest absolute Gasteiger partial charge is 0.354 e. The second-order valence-electron chi connectivity index (χ2n) is 4.39. The summed E-state index contributed by atoms with van der Waals surface area (Å²) in [6.07, 6.45) is 2.77. The van der Waals surface area contributed by atoms with E-state index < -0.39 is 5.69 Å². The van der Waals surface area contributed by atoms with Crippen molar-refractivity contribution in [1.29, 1.82) is 0 Å². The van der Waals surface area contributed by atoms with Crippen LogP contribution in [0.15, 0.2) is 41.5 Å². The van der Waals surface area contributed by atoms with Crippen LogP contribution in [0, 0.1) is 0 Å². The van der Waals surface area contributed by atoms with Crippen LogP contribution in [-0.2, 0) is 0 Å². The Bertz CT molecular complexity index is 892. The second kappa shape index (κ2) is 5.06. The summed E-state index contributed by atoms with van der Waals surface area (Å²) in [5.74, 6) is 0.434. The Morgan fingerprint density at radius 3 is 2.81 bits per heavy atom. The highest BCUT2D eigenvalue weighted by molar-refractivity contribution is 6.31. The van der Waals surface area contributed by atoms with E-state index in [9.17, 15) is 9.90 Å². The Labute approximate surface area is 124 Å². The SMILES string of the molecule is CNc1nc(=O)n(-c2cncc(O)c2)c2cc(Cl)ccc12. The number of aromatic nitrogens is 3. The van der Waals surface area contributed by atoms with Gasteiger partial charge in [-0.25, -0.2) is 4.79 Å². The van der Waals surface area contributed by atoms with Crippen LogP contribution < -0.4 is 11.0 Å². The molecule has 2 aromatic heterocycles. The summed E-state index contributed by atoms with van der Waals surface area (Å²) in [5, 5.41) is 13.7. The minimum Gasteiger partial charge on any atom is -0.506 e. The number of benzene rings is 1. The molecule has 2 heterocycles. The molecule has 7 heteroatoms. The van der Waals surface area contributed by atoms with Crippen molar-refractivity contribution >= 4 is 28.3 Å². The zero-order valence-corrected chi connectivity index (χ0v) is 11.8. The summed E-state index contributed by atoms with van der Waals surface area (Å²) in [5.41, 5.74) is 0.517. The molecule has 0 unspecified atom stereocenters. The molecule has 0 atom stereocenters. The van der Waals surface area contributed by atoms with Crippen LogP contribution in [-0.4, -0.2) is 26.7 Å². The number of nitrogens with one attached hydrogen (secondary N) is 1. The molecule has 1 aromatic carbocycles. The molecule has 0 amide bonds. The van der Waals surface area contributed by atoms with Gasteiger partial charge in [0.2, 0.25) is 0 Å². The summed E-state index contributed by atoms with van der Waals surface area (Å²) in [7, 11) is 1.69. The molecule has 0 fully saturated rings. The van der Waals surface area contributed by atoms with Crippen molar-refractivity contribution in [1.82, 2.24) is 14.5 Å². The Balaban J connectivity index is 2.45. The standard InChI is InChI=1S/C14H11ClN4O2/c1-16-13-11-3-2-8(15)4-12(11)19(14(21)18-13)9-5-10(20)7-17-6-9/h2-7,20H,1H3,(H,16,18,21). The Hall–Kier alpha value is -2.60. The van der Waals surface area contributed by atoms with Crippen molar-refractivity contribution in [2.75, 3.05) is 12.4 Å². The Kier molecular flexibility index (Phi) is 3.23. The van der Waals surface area contributed by atoms with Gasteiger partial charge in [0.15, 0.2) is 0 Å². The van der Waals surface area contributed by atoms with Crippen LogP contribution in [0.2, 0.25) is 5.02 Å². The van der Waals surface area contributed by atoms with Crippen LogP contribution in [0.4, 0.5) is 5.82 Å². The van der Waals surface area contributed by atoms with Crippen LogP contribution in [0.25, 0.3) is 16.6 Å². The van der Waals surface area contributed by atoms with Crippen LogP contribution in [0.1, 0.15) is 0 Å². The third-order valence-corrected chi connectivity index (χ3v) is 3.29. The molecule has 0 radical (unpaired) electrons. The summed E-state index contributed by atoms with van der Waals surface area (Å²) in [6, 6.07) is 6.62. The second-order valence-corrected chi connectivity index (χ2v) is 4.83. The molecule has 21 heavy (non-hydrogen) atoms. The van der Waals surface area contributed by atoms with Crippen molar-refractivity contribution in [3.63, 3.8) is 0 Å². The summed E-state index contributed by atoms with van der Waals surface area (Å²) in [4.78, 5) is 20.2. The highest BCUT2D eigenvalue weighted by Gasteiger charge is 2.12. The molecule has 3 rings (SSSR count). The number of aromatic hydroxyl groups is 1. The van der Waals surface area contributed by atoms with Gasteiger partial charge >= 0.3 is 5.69 Å². The van der Waals surface area contributed by atoms with Gasteiger partial charge < -0.3 is 10.4 Å². The predicted molar refractivity (Wildman–Crippen MR) is 81.4 cm³/mol. The highest BCUT2D eigenvalue weighted by Crippen LogP contribution is 2.25. The fraction of sp³-hybridized carbons (Fsp3) is 0.0714. The number of fused-ring (bicyclic) bond motifs is 1. The quantitative estimate of drug-likeness (QED) is 0.758. The first-order valence-electron chi connectivity index (χ1n) is 6.14. The van der Waals surface area contributed by atoms with Crippen LogP contribution in [0.3, 0.4) is 0 Å². The molecule has 2 N–H and O–H groups in total. The average molecular weight is 303 g/mol. The molecule has 3 aromatic rings. The summed E-state index contributed by atoms with van der Waals surface area (Å²) >= 11 is 6.04. The van der Waals surface area contributed by atoms with Crippen molar-refractivity contribution in [2.24, 2.45) is 0 Å². The zero-order valence-electron chi connectivity index (χ0n) is 11.0. The lowest BCUT2D eigenvalue weighted by molar-refractivity contribution is 0.472. The molecule has 6 nitrogen and oxygen atoms in total. The number of anilines is 1. The van der Waals surface area contributed by atoms with Gasteiger partial charge in [-0.1, -0.05) is 11.6 Å². The topological polar surface area (TPSA) is 80.0 Å². The van der Waals surface area contributed by atoms with E-state index in [0.717, 1.165) is 5.39 Å². The van der Waals surface area contributed by atoms with Crippen molar-refractivity contribution < 1.29 is 5.11 Å². The molecule has 0 aliphatic carbocycles. The van der Waals surface area contributed by atoms with E-state index in [1.165, 1.54) is 23.0 Å². The van der Waals surface area contributed by atoms with E-state index in [2.05, 4.69) is 15.3 Å². The third kappa shape index (κ3) is 2.30. The molecule has 0 aliphatic heterocycles. The van der Waals surface area contributed by atoms with Gasteiger partial charge in [-0.3, -0.25) is 9.55 Å². The predicted octanol–water partition coefficient (Wildman–Crippen LogP) is 2.18. The number of hydrogen-bond acceptors (Lipinski definition) is 5. The minimum absolute atomic E-state index is 0.0349. The maximum atomic E-state index is 12.3. The van der Waals surface area contributed by atoms with Gasteiger partial charge in [0.1, 0.15) is 11.6 Å². The number of pyridine rings is 1. The third-order valence-electron chi connectivity index (χ3n) is 3.06. The molecule has 0 saturated heterocycles. The fourth-order valence-electron chi connectivity index (χ4n) is 2.18. The number of rotatable bonds is 2. The maximum Gasteiger partial charge on any atom is 0.354 e. The van der Waals surface area contributed by atoms with Gasteiger partial charge in [-0.15, -0.1) is 0 Å². The Morgan fingerprint density at radius 1 is 1.29 bits per heavy atom. The first-order chi connectivity index (χ1) is 10.1. The van der Waals surface area contributed by atoms with Gasteiger partial charge in [-0.2, -0.15) is 4.98 Å². The zero-order chi connectivity index (χ0) is 15.0. The van der Waals surface area contributed by atoms with Gasteiger partial charge in [-0.05, 0) is 18.2 Å². The molecule has 0 bridgehead atoms. The Morgan fingerprint density at radius 2 is 2.10 bits per heavy atom. The van der Waals surface area contributed by atoms with E-state index in [-0.39, 0.29) is 5.75 Å². The minimum atomic E-state index is -0.485. The van der Waals surface area contributed by atoms with Gasteiger partial charge in [0.05, 0.1) is 23.6 Å². The largest absolute Gasteiger partial charge is 0.506 e. The van der Waals surface area contributed by atoms with E-state index in [4.69, 9.17) is 11.6 Å². The van der Waals surface area contributed by atoms with E-state index in [1.807, 2.05) is 0 Å². The molecular weight excluding hydrogens is 292 g/mol. The summed E-state index contributed by atoms with van der Waals surface area (Å²) in [6.45, 7) is 0. The molecule has 106 valence electrons. The van der Waals surface area contributed by atoms with E-state index >= 15 is 0 Å². The first kappa shape index (κ1) is 13.4. The highest BCUT2D eigenvalue weighted by atomic mass is 35.5. The average Bonchev–Trinajstić information content (AvgIpc) is 2.46. The fourth-order valence-corrected chi connectivity index (χ4v) is 2.34. The number of hydrogen-bond donors (Lipinski definition) is 2. The lowest BCUT2D eigenvalue weighted by Crippen LogP contribution is -2.23. The van der Waals surface area contributed by atoms with Crippen molar-refractivity contribution in [3.05, 3.63) is 52.2 Å². The molecule has 0 saturated carbocycles. The maximum absolute atomic E-state index is 12.3. The van der Waals surface area contributed by atoms with E-state index in [1.54, 1.807) is 25.2 Å². The van der Waals surface area contributed by atoms with Gasteiger partial charge in [0, 0.05) is 23.5 Å². The number of halogens is 1. The monoisotopic (exact) mass is 302 g/mol. The lowest BCUT2D eigenvalue weighted by Gasteiger charge is -2.12. The molecule has 0 spiro atoms. The van der Waals surface area contributed by atoms with Crippen LogP contribution in [0.5, 0.6) is 5.75 Å². The molecule has 0 aliphatic rings. The number of nitrogens with zero attached hydrogens (tertiary/aromatic N) is 3. The summed E-state index contributed by atoms with van der Waals surface area (Å²) < 4.78 is 1.36. The van der Waals surface area contributed by atoms with E-state index in [0.29, 0.717) is 22.0 Å². The van der Waals surface area contributed by atoms with Gasteiger partial charge in [0.25, 0.3) is 0 Å². The lowest BCUT2D eigenvalue weighted by atomic mass is 10.2. The van der Waals surface area contributed by atoms with Crippen molar-refractivity contribution in [3.8, 4) is 11.4 Å². The molecular formula is C14H11ClN4O2. The van der Waals surface area contributed by atoms with Crippen LogP contribution >= 0.6 is 11.6 Å².